The molecule has 2 atom stereocenters. The quantitative estimate of drug-likeness (QED) is 0.825. The second-order valence-electron chi connectivity index (χ2n) is 8.35. The van der Waals surface area contributed by atoms with E-state index in [1.54, 1.807) is 6.20 Å². The highest BCUT2D eigenvalue weighted by atomic mass is 35.5. The molecule has 29 heavy (non-hydrogen) atoms. The van der Waals surface area contributed by atoms with E-state index < -0.39 is 0 Å². The normalized spacial score (nSPS) is 24.0. The predicted octanol–water partition coefficient (Wildman–Crippen LogP) is 3.69. The zero-order valence-electron chi connectivity index (χ0n) is 17.1. The topological polar surface area (TPSA) is 61.5 Å². The maximum atomic E-state index is 13.1. The van der Waals surface area contributed by atoms with Crippen LogP contribution >= 0.6 is 11.6 Å². The third-order valence-corrected chi connectivity index (χ3v) is 6.13. The van der Waals surface area contributed by atoms with Crippen molar-refractivity contribution in [2.24, 2.45) is 0 Å². The van der Waals surface area contributed by atoms with Gasteiger partial charge < -0.3 is 9.64 Å². The molecule has 2 aliphatic rings. The molecule has 0 aliphatic carbocycles. The highest BCUT2D eigenvalue weighted by Crippen LogP contribution is 2.30. The largest absolute Gasteiger partial charge is 0.372 e. The second-order valence-corrected chi connectivity index (χ2v) is 8.78. The van der Waals surface area contributed by atoms with Crippen molar-refractivity contribution in [3.8, 4) is 0 Å². The fourth-order valence-corrected chi connectivity index (χ4v) is 4.78. The third-order valence-electron chi connectivity index (χ3n) is 5.90. The Balaban J connectivity index is 1.38. The fraction of sp³-hybridized carbons (Fsp3) is 0.545. The summed E-state index contributed by atoms with van der Waals surface area (Å²) in [6.45, 7) is 8.19. The van der Waals surface area contributed by atoms with Crippen molar-refractivity contribution in [2.45, 2.75) is 51.4 Å². The van der Waals surface area contributed by atoms with Gasteiger partial charge in [0.1, 0.15) is 0 Å². The Morgan fingerprint density at radius 3 is 2.66 bits per heavy atom. The molecule has 1 aromatic carbocycles. The van der Waals surface area contributed by atoms with E-state index in [2.05, 4.69) is 21.2 Å². The number of carbonyl (C=O) groups is 1. The maximum Gasteiger partial charge on any atom is 0.257 e. The van der Waals surface area contributed by atoms with Crippen molar-refractivity contribution in [3.05, 3.63) is 52.3 Å². The van der Waals surface area contributed by atoms with E-state index in [9.17, 15) is 4.79 Å². The average molecular weight is 417 g/mol. The summed E-state index contributed by atoms with van der Waals surface area (Å²) in [7, 11) is 0. The molecule has 6 nitrogen and oxygen atoms in total. The Morgan fingerprint density at radius 2 is 1.97 bits per heavy atom. The van der Waals surface area contributed by atoms with Crippen molar-refractivity contribution in [2.75, 3.05) is 26.2 Å². The number of H-pyrrole nitrogens is 1. The molecule has 2 aliphatic heterocycles. The number of ether oxygens (including phenoxy) is 1. The van der Waals surface area contributed by atoms with Crippen LogP contribution in [0.1, 0.15) is 54.2 Å². The molecule has 0 saturated carbocycles. The van der Waals surface area contributed by atoms with Crippen LogP contribution in [0.5, 0.6) is 0 Å². The first-order valence-corrected chi connectivity index (χ1v) is 10.8. The minimum atomic E-state index is 0.0628. The molecule has 0 bridgehead atoms. The molecular weight excluding hydrogens is 388 g/mol. The van der Waals surface area contributed by atoms with E-state index in [-0.39, 0.29) is 18.1 Å². The lowest BCUT2D eigenvalue weighted by Gasteiger charge is -2.36. The summed E-state index contributed by atoms with van der Waals surface area (Å²) in [6, 6.07) is 8.06. The van der Waals surface area contributed by atoms with Gasteiger partial charge in [0.05, 0.1) is 29.7 Å². The standard InChI is InChI=1S/C22H29ClN4O2/c1-15-12-27(13-16(2)29-15)22(28)20-11-24-25-21(20)18-6-8-26(9-7-18)14-17-4-3-5-19(23)10-17/h3-5,10-11,15-16,18H,6-9,12-14H2,1-2H3,(H,24,25)/t15-,16-/m1/s1. The first-order valence-electron chi connectivity index (χ1n) is 10.4. The number of rotatable bonds is 4. The third kappa shape index (κ3) is 4.82. The van der Waals surface area contributed by atoms with E-state index in [4.69, 9.17) is 16.3 Å². The number of piperidine rings is 1. The zero-order chi connectivity index (χ0) is 20.4. The molecule has 1 amide bonds. The van der Waals surface area contributed by atoms with Crippen molar-refractivity contribution in [1.29, 1.82) is 0 Å². The Labute approximate surface area is 177 Å². The Hall–Kier alpha value is -1.89. The van der Waals surface area contributed by atoms with Gasteiger partial charge in [-0.25, -0.2) is 0 Å². The number of likely N-dealkylation sites (tertiary alicyclic amines) is 1. The van der Waals surface area contributed by atoms with E-state index in [1.165, 1.54) is 5.56 Å². The van der Waals surface area contributed by atoms with Gasteiger partial charge in [0.25, 0.3) is 5.91 Å². The number of aromatic amines is 1. The van der Waals surface area contributed by atoms with Crippen LogP contribution in [0.2, 0.25) is 5.02 Å². The number of amides is 1. The molecule has 2 fully saturated rings. The SMILES string of the molecule is C[C@@H]1CN(C(=O)c2cn[nH]c2C2CCN(Cc3cccc(Cl)c3)CC2)C[C@@H](C)O1. The summed E-state index contributed by atoms with van der Waals surface area (Å²) in [5, 5.41) is 8.12. The minimum Gasteiger partial charge on any atom is -0.372 e. The summed E-state index contributed by atoms with van der Waals surface area (Å²) < 4.78 is 5.77. The fourth-order valence-electron chi connectivity index (χ4n) is 4.57. The number of nitrogens with zero attached hydrogens (tertiary/aromatic N) is 3. The second kappa shape index (κ2) is 8.86. The first-order chi connectivity index (χ1) is 14.0. The highest BCUT2D eigenvalue weighted by molar-refractivity contribution is 6.30. The molecule has 7 heteroatoms. The van der Waals surface area contributed by atoms with Gasteiger partial charge in [0.15, 0.2) is 0 Å². The number of hydrogen-bond donors (Lipinski definition) is 1. The van der Waals surface area contributed by atoms with Gasteiger partial charge in [-0.2, -0.15) is 5.10 Å². The van der Waals surface area contributed by atoms with Gasteiger partial charge in [-0.15, -0.1) is 0 Å². The summed E-state index contributed by atoms with van der Waals surface area (Å²) in [4.78, 5) is 17.5. The van der Waals surface area contributed by atoms with Gasteiger partial charge >= 0.3 is 0 Å². The molecule has 156 valence electrons. The lowest BCUT2D eigenvalue weighted by Crippen LogP contribution is -2.48. The molecule has 1 aromatic heterocycles. The molecule has 4 rings (SSSR count). The zero-order valence-corrected chi connectivity index (χ0v) is 17.9. The van der Waals surface area contributed by atoms with Crippen LogP contribution in [0.25, 0.3) is 0 Å². The summed E-state index contributed by atoms with van der Waals surface area (Å²) in [5.74, 6) is 0.403. The van der Waals surface area contributed by atoms with Crippen LogP contribution < -0.4 is 0 Å². The van der Waals surface area contributed by atoms with Crippen molar-refractivity contribution in [1.82, 2.24) is 20.0 Å². The number of benzene rings is 1. The number of halogens is 1. The maximum absolute atomic E-state index is 13.1. The lowest BCUT2D eigenvalue weighted by atomic mass is 9.90. The number of aromatic nitrogens is 2. The number of nitrogens with one attached hydrogen (secondary N) is 1. The summed E-state index contributed by atoms with van der Waals surface area (Å²) in [6.07, 6.45) is 3.85. The Morgan fingerprint density at radius 1 is 1.24 bits per heavy atom. The molecule has 0 unspecified atom stereocenters. The Bertz CT molecular complexity index is 837. The predicted molar refractivity (Wildman–Crippen MR) is 113 cm³/mol. The molecule has 2 saturated heterocycles. The molecule has 3 heterocycles. The van der Waals surface area contributed by atoms with Crippen LogP contribution in [0.4, 0.5) is 0 Å². The Kier molecular flexibility index (Phi) is 6.23. The number of hydrogen-bond acceptors (Lipinski definition) is 4. The first kappa shape index (κ1) is 20.4. The van der Waals surface area contributed by atoms with Crippen molar-refractivity contribution < 1.29 is 9.53 Å². The smallest absolute Gasteiger partial charge is 0.257 e. The average Bonchev–Trinajstić information content (AvgIpc) is 3.17. The number of morpholine rings is 1. The van der Waals surface area contributed by atoms with E-state index in [0.717, 1.165) is 48.8 Å². The lowest BCUT2D eigenvalue weighted by molar-refractivity contribution is -0.0586. The molecular formula is C22H29ClN4O2. The molecule has 0 spiro atoms. The summed E-state index contributed by atoms with van der Waals surface area (Å²) in [5.41, 5.74) is 2.95. The van der Waals surface area contributed by atoms with E-state index >= 15 is 0 Å². The van der Waals surface area contributed by atoms with Crippen LogP contribution in [0, 0.1) is 0 Å². The van der Waals surface area contributed by atoms with E-state index in [0.29, 0.717) is 19.0 Å². The monoisotopic (exact) mass is 416 g/mol. The van der Waals surface area contributed by atoms with Crippen LogP contribution in [0.15, 0.2) is 30.5 Å². The van der Waals surface area contributed by atoms with Gasteiger partial charge in [0.2, 0.25) is 0 Å². The molecule has 2 aromatic rings. The van der Waals surface area contributed by atoms with Crippen molar-refractivity contribution in [3.63, 3.8) is 0 Å². The van der Waals surface area contributed by atoms with Crippen LogP contribution in [-0.2, 0) is 11.3 Å². The molecule has 1 N–H and O–H groups in total. The van der Waals surface area contributed by atoms with E-state index in [1.807, 2.05) is 36.9 Å². The van der Waals surface area contributed by atoms with Gasteiger partial charge in [-0.1, -0.05) is 23.7 Å². The van der Waals surface area contributed by atoms with Gasteiger partial charge in [-0.05, 0) is 57.5 Å². The van der Waals surface area contributed by atoms with Crippen LogP contribution in [0.3, 0.4) is 0 Å². The van der Waals surface area contributed by atoms with Gasteiger partial charge in [0, 0.05) is 30.6 Å². The highest BCUT2D eigenvalue weighted by Gasteiger charge is 2.31. The molecule has 0 radical (unpaired) electrons. The van der Waals surface area contributed by atoms with Crippen LogP contribution in [-0.4, -0.2) is 64.3 Å². The van der Waals surface area contributed by atoms with Gasteiger partial charge in [-0.3, -0.25) is 14.8 Å². The number of carbonyl (C=O) groups excluding carboxylic acids is 1. The summed E-state index contributed by atoms with van der Waals surface area (Å²) >= 11 is 6.11. The minimum absolute atomic E-state index is 0.0628. The van der Waals surface area contributed by atoms with Crippen molar-refractivity contribution >= 4 is 17.5 Å².